The van der Waals surface area contributed by atoms with Gasteiger partial charge >= 0.3 is 0 Å². The minimum absolute atomic E-state index is 0.101. The van der Waals surface area contributed by atoms with Crippen molar-refractivity contribution >= 4 is 33.2 Å². The molecule has 15 heavy (non-hydrogen) atoms. The lowest BCUT2D eigenvalue weighted by Crippen LogP contribution is -2.37. The molecule has 0 aliphatic heterocycles. The standard InChI is InChI=1S/C11H15BrClNO/c1-3-11(2,7-15)14-8-4-5-10(13)9(12)6-8/h4-6,14-15H,3,7H2,1-2H3. The Kier molecular flexibility index (Phi) is 4.44. The van der Waals surface area contributed by atoms with Crippen LogP contribution in [-0.4, -0.2) is 17.3 Å². The first-order valence-corrected chi connectivity index (χ1v) is 6.02. The summed E-state index contributed by atoms with van der Waals surface area (Å²) in [7, 11) is 0. The fraction of sp³-hybridized carbons (Fsp3) is 0.455. The van der Waals surface area contributed by atoms with Gasteiger partial charge in [-0.05, 0) is 47.5 Å². The predicted molar refractivity (Wildman–Crippen MR) is 68.6 cm³/mol. The maximum absolute atomic E-state index is 9.27. The van der Waals surface area contributed by atoms with E-state index < -0.39 is 0 Å². The number of aliphatic hydroxyl groups excluding tert-OH is 1. The highest BCUT2D eigenvalue weighted by atomic mass is 79.9. The number of nitrogens with one attached hydrogen (secondary N) is 1. The van der Waals surface area contributed by atoms with E-state index in [1.54, 1.807) is 0 Å². The Labute approximate surface area is 104 Å². The maximum Gasteiger partial charge on any atom is 0.0658 e. The zero-order valence-electron chi connectivity index (χ0n) is 8.85. The van der Waals surface area contributed by atoms with E-state index in [9.17, 15) is 5.11 Å². The third kappa shape index (κ3) is 3.37. The van der Waals surface area contributed by atoms with Crippen LogP contribution < -0.4 is 5.32 Å². The lowest BCUT2D eigenvalue weighted by molar-refractivity contribution is 0.219. The van der Waals surface area contributed by atoms with Crippen LogP contribution in [0.2, 0.25) is 5.02 Å². The second kappa shape index (κ2) is 5.19. The Morgan fingerprint density at radius 3 is 2.67 bits per heavy atom. The van der Waals surface area contributed by atoms with Crippen LogP contribution in [0.3, 0.4) is 0 Å². The lowest BCUT2D eigenvalue weighted by atomic mass is 10.00. The van der Waals surface area contributed by atoms with Gasteiger partial charge in [0.15, 0.2) is 0 Å². The molecule has 0 spiro atoms. The molecule has 0 aliphatic carbocycles. The Morgan fingerprint density at radius 2 is 2.20 bits per heavy atom. The van der Waals surface area contributed by atoms with Crippen LogP contribution in [0.5, 0.6) is 0 Å². The quantitative estimate of drug-likeness (QED) is 0.887. The molecule has 1 rings (SSSR count). The molecule has 0 fully saturated rings. The molecule has 1 unspecified atom stereocenters. The van der Waals surface area contributed by atoms with Crippen molar-refractivity contribution in [3.63, 3.8) is 0 Å². The molecule has 2 nitrogen and oxygen atoms in total. The largest absolute Gasteiger partial charge is 0.394 e. The molecule has 1 aromatic rings. The number of anilines is 1. The van der Waals surface area contributed by atoms with Crippen molar-refractivity contribution in [1.29, 1.82) is 0 Å². The number of aliphatic hydroxyl groups is 1. The van der Waals surface area contributed by atoms with E-state index in [4.69, 9.17) is 11.6 Å². The van der Waals surface area contributed by atoms with Gasteiger partial charge in [0.1, 0.15) is 0 Å². The minimum Gasteiger partial charge on any atom is -0.394 e. The molecule has 0 heterocycles. The van der Waals surface area contributed by atoms with Crippen LogP contribution in [0, 0.1) is 0 Å². The van der Waals surface area contributed by atoms with Crippen molar-refractivity contribution in [3.05, 3.63) is 27.7 Å². The molecule has 0 saturated carbocycles. The monoisotopic (exact) mass is 291 g/mol. The first kappa shape index (κ1) is 12.8. The Balaban J connectivity index is 2.85. The molecule has 84 valence electrons. The van der Waals surface area contributed by atoms with Gasteiger partial charge in [-0.2, -0.15) is 0 Å². The summed E-state index contributed by atoms with van der Waals surface area (Å²) in [6.07, 6.45) is 0.851. The van der Waals surface area contributed by atoms with E-state index in [0.717, 1.165) is 16.6 Å². The summed E-state index contributed by atoms with van der Waals surface area (Å²) in [6.45, 7) is 4.12. The van der Waals surface area contributed by atoms with Gasteiger partial charge in [-0.25, -0.2) is 0 Å². The summed E-state index contributed by atoms with van der Waals surface area (Å²) in [4.78, 5) is 0. The van der Waals surface area contributed by atoms with Crippen LogP contribution >= 0.6 is 27.5 Å². The Hall–Kier alpha value is -0.250. The second-order valence-electron chi connectivity index (χ2n) is 3.83. The molecular formula is C11H15BrClNO. The Bertz CT molecular complexity index is 339. The van der Waals surface area contributed by atoms with Crippen LogP contribution in [0.4, 0.5) is 5.69 Å². The molecular weight excluding hydrogens is 277 g/mol. The molecule has 0 saturated heterocycles. The summed E-state index contributed by atoms with van der Waals surface area (Å²) in [5.74, 6) is 0. The van der Waals surface area contributed by atoms with E-state index in [1.807, 2.05) is 32.0 Å². The molecule has 0 aromatic heterocycles. The number of hydrogen-bond acceptors (Lipinski definition) is 2. The van der Waals surface area contributed by atoms with Crippen molar-refractivity contribution in [1.82, 2.24) is 0 Å². The van der Waals surface area contributed by atoms with Crippen molar-refractivity contribution in [2.75, 3.05) is 11.9 Å². The number of rotatable bonds is 4. The predicted octanol–water partition coefficient (Wildman–Crippen LogP) is 3.68. The highest BCUT2D eigenvalue weighted by molar-refractivity contribution is 9.10. The van der Waals surface area contributed by atoms with E-state index in [1.165, 1.54) is 0 Å². The van der Waals surface area contributed by atoms with Crippen molar-refractivity contribution in [2.24, 2.45) is 0 Å². The van der Waals surface area contributed by atoms with Crippen molar-refractivity contribution in [3.8, 4) is 0 Å². The fourth-order valence-corrected chi connectivity index (χ4v) is 1.66. The van der Waals surface area contributed by atoms with Gasteiger partial charge in [-0.15, -0.1) is 0 Å². The second-order valence-corrected chi connectivity index (χ2v) is 5.09. The maximum atomic E-state index is 9.27. The van der Waals surface area contributed by atoms with Gasteiger partial charge in [0.2, 0.25) is 0 Å². The van der Waals surface area contributed by atoms with Crippen LogP contribution in [0.25, 0.3) is 0 Å². The van der Waals surface area contributed by atoms with Crippen LogP contribution in [0.15, 0.2) is 22.7 Å². The van der Waals surface area contributed by atoms with E-state index >= 15 is 0 Å². The average Bonchev–Trinajstić information content (AvgIpc) is 2.23. The van der Waals surface area contributed by atoms with E-state index in [0.29, 0.717) is 5.02 Å². The zero-order valence-corrected chi connectivity index (χ0v) is 11.2. The number of halogens is 2. The van der Waals surface area contributed by atoms with Crippen LogP contribution in [-0.2, 0) is 0 Å². The molecule has 1 atom stereocenters. The minimum atomic E-state index is -0.284. The van der Waals surface area contributed by atoms with E-state index in [-0.39, 0.29) is 12.1 Å². The summed E-state index contributed by atoms with van der Waals surface area (Å²) >= 11 is 9.26. The van der Waals surface area contributed by atoms with Crippen molar-refractivity contribution < 1.29 is 5.11 Å². The molecule has 0 amide bonds. The average molecular weight is 293 g/mol. The molecule has 0 bridgehead atoms. The van der Waals surface area contributed by atoms with E-state index in [2.05, 4.69) is 21.2 Å². The summed E-state index contributed by atoms with van der Waals surface area (Å²) < 4.78 is 0.852. The zero-order chi connectivity index (χ0) is 11.5. The van der Waals surface area contributed by atoms with Gasteiger partial charge in [0.05, 0.1) is 17.2 Å². The molecule has 1 aromatic carbocycles. The molecule has 0 radical (unpaired) electrons. The normalized spacial score (nSPS) is 14.7. The van der Waals surface area contributed by atoms with Crippen molar-refractivity contribution in [2.45, 2.75) is 25.8 Å². The Morgan fingerprint density at radius 1 is 1.53 bits per heavy atom. The molecule has 0 aliphatic rings. The SMILES string of the molecule is CCC(C)(CO)Nc1ccc(Cl)c(Br)c1. The summed E-state index contributed by atoms with van der Waals surface area (Å²) in [5.41, 5.74) is 0.664. The van der Waals surface area contributed by atoms with Gasteiger partial charge in [0.25, 0.3) is 0 Å². The van der Waals surface area contributed by atoms with Gasteiger partial charge in [-0.3, -0.25) is 0 Å². The first-order chi connectivity index (χ1) is 7.00. The highest BCUT2D eigenvalue weighted by Crippen LogP contribution is 2.27. The first-order valence-electron chi connectivity index (χ1n) is 4.85. The van der Waals surface area contributed by atoms with Crippen LogP contribution in [0.1, 0.15) is 20.3 Å². The summed E-state index contributed by atoms with van der Waals surface area (Å²) in [5, 5.41) is 13.2. The topological polar surface area (TPSA) is 32.3 Å². The fourth-order valence-electron chi connectivity index (χ4n) is 1.16. The molecule has 4 heteroatoms. The smallest absolute Gasteiger partial charge is 0.0658 e. The van der Waals surface area contributed by atoms with Gasteiger partial charge in [0, 0.05) is 10.2 Å². The number of hydrogen-bond donors (Lipinski definition) is 2. The lowest BCUT2D eigenvalue weighted by Gasteiger charge is -2.28. The third-order valence-electron chi connectivity index (χ3n) is 2.50. The number of benzene rings is 1. The molecule has 2 N–H and O–H groups in total. The summed E-state index contributed by atoms with van der Waals surface area (Å²) in [6, 6.07) is 5.63. The third-order valence-corrected chi connectivity index (χ3v) is 3.71. The highest BCUT2D eigenvalue weighted by Gasteiger charge is 2.20. The van der Waals surface area contributed by atoms with Gasteiger partial charge in [-0.1, -0.05) is 18.5 Å². The van der Waals surface area contributed by atoms with Gasteiger partial charge < -0.3 is 10.4 Å².